The maximum absolute atomic E-state index is 12.1. The molecule has 0 aliphatic carbocycles. The van der Waals surface area contributed by atoms with Gasteiger partial charge in [0.15, 0.2) is 0 Å². The number of imidazole rings is 1. The van der Waals surface area contributed by atoms with Crippen molar-refractivity contribution in [2.24, 2.45) is 7.05 Å². The Kier molecular flexibility index (Phi) is 2.83. The Hall–Kier alpha value is -1.55. The van der Waals surface area contributed by atoms with Crippen LogP contribution in [-0.4, -0.2) is 22.7 Å². The van der Waals surface area contributed by atoms with Gasteiger partial charge in [-0.25, -0.2) is 4.79 Å². The van der Waals surface area contributed by atoms with Gasteiger partial charge in [-0.05, 0) is 26.1 Å². The van der Waals surface area contributed by atoms with Gasteiger partial charge in [-0.1, -0.05) is 12.1 Å². The molecular formula is C12H17N3O. The lowest BCUT2D eigenvalue weighted by molar-refractivity contribution is 0.509. The molecular weight excluding hydrogens is 202 g/mol. The van der Waals surface area contributed by atoms with E-state index in [2.05, 4.69) is 5.32 Å². The normalized spacial score (nSPS) is 13.2. The Morgan fingerprint density at radius 2 is 1.94 bits per heavy atom. The molecule has 1 heterocycles. The number of hydrogen-bond donors (Lipinski definition) is 1. The van der Waals surface area contributed by atoms with Crippen LogP contribution in [0.25, 0.3) is 11.0 Å². The maximum atomic E-state index is 12.1. The Morgan fingerprint density at radius 3 is 2.56 bits per heavy atom. The third-order valence-electron chi connectivity index (χ3n) is 2.94. The van der Waals surface area contributed by atoms with Crippen LogP contribution >= 0.6 is 0 Å². The number of hydrogen-bond acceptors (Lipinski definition) is 2. The lowest BCUT2D eigenvalue weighted by atomic mass is 10.3. The van der Waals surface area contributed by atoms with Crippen LogP contribution in [0, 0.1) is 0 Å². The van der Waals surface area contributed by atoms with E-state index in [1.165, 1.54) is 0 Å². The Bertz CT molecular complexity index is 553. The van der Waals surface area contributed by atoms with E-state index in [0.717, 1.165) is 17.6 Å². The largest absolute Gasteiger partial charge is 0.329 e. The van der Waals surface area contributed by atoms with Gasteiger partial charge in [-0.3, -0.25) is 9.13 Å². The first kappa shape index (κ1) is 11.0. The van der Waals surface area contributed by atoms with Gasteiger partial charge in [0.05, 0.1) is 11.0 Å². The van der Waals surface area contributed by atoms with Gasteiger partial charge in [-0.2, -0.15) is 0 Å². The molecule has 0 saturated heterocycles. The summed E-state index contributed by atoms with van der Waals surface area (Å²) in [6.45, 7) is 2.83. The third kappa shape index (κ3) is 1.55. The van der Waals surface area contributed by atoms with Crippen molar-refractivity contribution in [1.82, 2.24) is 14.5 Å². The summed E-state index contributed by atoms with van der Waals surface area (Å²) in [5.74, 6) is 0. The molecule has 0 aliphatic heterocycles. The molecule has 1 atom stereocenters. The van der Waals surface area contributed by atoms with E-state index in [-0.39, 0.29) is 11.7 Å². The summed E-state index contributed by atoms with van der Waals surface area (Å²) in [5, 5.41) is 3.10. The number of rotatable bonds is 3. The highest BCUT2D eigenvalue weighted by atomic mass is 16.1. The first-order valence-electron chi connectivity index (χ1n) is 5.47. The fourth-order valence-electron chi connectivity index (χ4n) is 2.13. The number of nitrogens with zero attached hydrogens (tertiary/aromatic N) is 2. The summed E-state index contributed by atoms with van der Waals surface area (Å²) in [6.07, 6.45) is 0. The Labute approximate surface area is 94.5 Å². The van der Waals surface area contributed by atoms with Crippen LogP contribution in [0.15, 0.2) is 29.1 Å². The average Bonchev–Trinajstić information content (AvgIpc) is 2.53. The van der Waals surface area contributed by atoms with E-state index in [1.54, 1.807) is 4.57 Å². The van der Waals surface area contributed by atoms with E-state index in [4.69, 9.17) is 0 Å². The first-order valence-corrected chi connectivity index (χ1v) is 5.47. The molecule has 86 valence electrons. The minimum Gasteiger partial charge on any atom is -0.318 e. The monoisotopic (exact) mass is 219 g/mol. The molecule has 1 unspecified atom stereocenters. The summed E-state index contributed by atoms with van der Waals surface area (Å²) < 4.78 is 3.54. The van der Waals surface area contributed by atoms with E-state index in [0.29, 0.717) is 0 Å². The molecule has 0 spiro atoms. The second-order valence-corrected chi connectivity index (χ2v) is 4.11. The van der Waals surface area contributed by atoms with Crippen molar-refractivity contribution in [1.29, 1.82) is 0 Å². The number of likely N-dealkylation sites (N-methyl/N-ethyl adjacent to an activating group) is 1. The van der Waals surface area contributed by atoms with E-state index < -0.39 is 0 Å². The second-order valence-electron chi connectivity index (χ2n) is 4.11. The molecule has 0 saturated carbocycles. The highest BCUT2D eigenvalue weighted by Crippen LogP contribution is 2.15. The van der Waals surface area contributed by atoms with Crippen LogP contribution < -0.4 is 11.0 Å². The van der Waals surface area contributed by atoms with Crippen LogP contribution in [0.1, 0.15) is 13.0 Å². The Balaban J connectivity index is 2.69. The quantitative estimate of drug-likeness (QED) is 0.840. The lowest BCUT2D eigenvalue weighted by Gasteiger charge is -2.12. The molecule has 0 bridgehead atoms. The van der Waals surface area contributed by atoms with Gasteiger partial charge < -0.3 is 5.32 Å². The average molecular weight is 219 g/mol. The minimum absolute atomic E-state index is 0.0453. The van der Waals surface area contributed by atoms with Crippen LogP contribution in [0.2, 0.25) is 0 Å². The third-order valence-corrected chi connectivity index (χ3v) is 2.94. The Morgan fingerprint density at radius 1 is 1.31 bits per heavy atom. The fourth-order valence-corrected chi connectivity index (χ4v) is 2.13. The van der Waals surface area contributed by atoms with Crippen LogP contribution in [-0.2, 0) is 7.05 Å². The molecule has 4 heteroatoms. The van der Waals surface area contributed by atoms with Crippen molar-refractivity contribution in [3.8, 4) is 0 Å². The predicted molar refractivity (Wildman–Crippen MR) is 65.8 cm³/mol. The summed E-state index contributed by atoms with van der Waals surface area (Å²) in [4.78, 5) is 12.1. The molecule has 1 aromatic heterocycles. The topological polar surface area (TPSA) is 39.0 Å². The van der Waals surface area contributed by atoms with E-state index in [9.17, 15) is 4.79 Å². The molecule has 1 N–H and O–H groups in total. The van der Waals surface area contributed by atoms with Crippen LogP contribution in [0.4, 0.5) is 0 Å². The summed E-state index contributed by atoms with van der Waals surface area (Å²) in [6, 6.07) is 8.03. The van der Waals surface area contributed by atoms with Crippen LogP contribution in [0.3, 0.4) is 0 Å². The zero-order valence-electron chi connectivity index (χ0n) is 9.90. The number of aryl methyl sites for hydroxylation is 1. The van der Waals surface area contributed by atoms with Crippen molar-refractivity contribution < 1.29 is 0 Å². The molecule has 0 amide bonds. The SMILES string of the molecule is CNCC(C)n1c(=O)n(C)c2ccccc21. The lowest BCUT2D eigenvalue weighted by Crippen LogP contribution is -2.29. The predicted octanol–water partition coefficient (Wildman–Crippen LogP) is 1.12. The van der Waals surface area contributed by atoms with E-state index >= 15 is 0 Å². The number of fused-ring (bicyclic) bond motifs is 1. The number of nitrogens with one attached hydrogen (secondary N) is 1. The summed E-state index contributed by atoms with van der Waals surface area (Å²) in [5.41, 5.74) is 2.03. The zero-order valence-corrected chi connectivity index (χ0v) is 9.90. The van der Waals surface area contributed by atoms with Gasteiger partial charge in [0.2, 0.25) is 0 Å². The van der Waals surface area contributed by atoms with Crippen molar-refractivity contribution in [3.05, 3.63) is 34.7 Å². The van der Waals surface area contributed by atoms with Gasteiger partial charge in [0, 0.05) is 19.6 Å². The molecule has 2 rings (SSSR count). The molecule has 0 fully saturated rings. The zero-order chi connectivity index (χ0) is 11.7. The highest BCUT2D eigenvalue weighted by Gasteiger charge is 2.14. The first-order chi connectivity index (χ1) is 7.66. The fraction of sp³-hybridized carbons (Fsp3) is 0.417. The number of aromatic nitrogens is 2. The van der Waals surface area contributed by atoms with Gasteiger partial charge >= 0.3 is 5.69 Å². The van der Waals surface area contributed by atoms with Gasteiger partial charge in [0.25, 0.3) is 0 Å². The summed E-state index contributed by atoms with van der Waals surface area (Å²) in [7, 11) is 3.71. The summed E-state index contributed by atoms with van der Waals surface area (Å²) >= 11 is 0. The van der Waals surface area contributed by atoms with Crippen molar-refractivity contribution in [3.63, 3.8) is 0 Å². The molecule has 2 aromatic rings. The molecule has 0 aliphatic rings. The molecule has 16 heavy (non-hydrogen) atoms. The highest BCUT2D eigenvalue weighted by molar-refractivity contribution is 5.76. The second kappa shape index (κ2) is 4.14. The van der Waals surface area contributed by atoms with Crippen molar-refractivity contribution in [2.45, 2.75) is 13.0 Å². The van der Waals surface area contributed by atoms with Gasteiger partial charge in [0.1, 0.15) is 0 Å². The maximum Gasteiger partial charge on any atom is 0.329 e. The minimum atomic E-state index is 0.0453. The van der Waals surface area contributed by atoms with Crippen molar-refractivity contribution >= 4 is 11.0 Å². The van der Waals surface area contributed by atoms with Crippen LogP contribution in [0.5, 0.6) is 0 Å². The van der Waals surface area contributed by atoms with Gasteiger partial charge in [-0.15, -0.1) is 0 Å². The molecule has 1 aromatic carbocycles. The molecule has 4 nitrogen and oxygen atoms in total. The van der Waals surface area contributed by atoms with E-state index in [1.807, 2.05) is 49.9 Å². The standard InChI is InChI=1S/C12H17N3O/c1-9(8-13-2)15-11-7-5-4-6-10(11)14(3)12(15)16/h4-7,9,13H,8H2,1-3H3. The molecule has 0 radical (unpaired) electrons. The smallest absolute Gasteiger partial charge is 0.318 e. The number of benzene rings is 1. The van der Waals surface area contributed by atoms with Crippen molar-refractivity contribution in [2.75, 3.05) is 13.6 Å². The number of para-hydroxylation sites is 2.